The van der Waals surface area contributed by atoms with E-state index in [2.05, 4.69) is 24.0 Å². The third kappa shape index (κ3) is 4.14. The number of nitriles is 1. The lowest BCUT2D eigenvalue weighted by atomic mass is 9.81. The lowest BCUT2D eigenvalue weighted by Gasteiger charge is -2.33. The van der Waals surface area contributed by atoms with Gasteiger partial charge in [0.15, 0.2) is 23.2 Å². The van der Waals surface area contributed by atoms with E-state index in [1.165, 1.54) is 5.56 Å². The molecular weight excluding hydrogens is 450 g/mol. The van der Waals surface area contributed by atoms with Crippen molar-refractivity contribution in [2.45, 2.75) is 76.4 Å². The molecule has 2 fully saturated rings. The van der Waals surface area contributed by atoms with Crippen LogP contribution in [0.3, 0.4) is 0 Å². The Balaban J connectivity index is 1.43. The first kappa shape index (κ1) is 23.4. The first-order valence-corrected chi connectivity index (χ1v) is 13.5. The molecule has 1 saturated heterocycles. The molecule has 8 nitrogen and oxygen atoms in total. The SMILES string of the molecule is C[C@H]1CCN(c2nn(C3CCCCO3)c3nc(C4CCC(CN)CC4)cnc23)c2ccc(C#N)cc21. The van der Waals surface area contributed by atoms with Crippen molar-refractivity contribution >= 4 is 22.7 Å². The molecule has 6 rings (SSSR count). The summed E-state index contributed by atoms with van der Waals surface area (Å²) in [5, 5.41) is 14.6. The zero-order valence-corrected chi connectivity index (χ0v) is 21.1. The third-order valence-electron chi connectivity index (χ3n) is 8.45. The monoisotopic (exact) mass is 485 g/mol. The summed E-state index contributed by atoms with van der Waals surface area (Å²) in [6, 6.07) is 8.27. The molecule has 8 heteroatoms. The number of hydrogen-bond donors (Lipinski definition) is 1. The number of nitrogens with zero attached hydrogens (tertiary/aromatic N) is 6. The Bertz CT molecular complexity index is 1280. The second kappa shape index (κ2) is 9.79. The molecule has 36 heavy (non-hydrogen) atoms. The van der Waals surface area contributed by atoms with Crippen LogP contribution in [0.15, 0.2) is 24.4 Å². The second-order valence-electron chi connectivity index (χ2n) is 10.7. The van der Waals surface area contributed by atoms with Crippen molar-refractivity contribution < 1.29 is 4.74 Å². The Kier molecular flexibility index (Phi) is 6.36. The highest BCUT2D eigenvalue weighted by molar-refractivity contribution is 5.88. The lowest BCUT2D eigenvalue weighted by Crippen LogP contribution is -2.27. The summed E-state index contributed by atoms with van der Waals surface area (Å²) in [6.45, 7) is 4.61. The van der Waals surface area contributed by atoms with Crippen molar-refractivity contribution in [3.8, 4) is 6.07 Å². The van der Waals surface area contributed by atoms with Crippen molar-refractivity contribution in [3.63, 3.8) is 0 Å². The summed E-state index contributed by atoms with van der Waals surface area (Å²) in [6.07, 6.45) is 10.5. The summed E-state index contributed by atoms with van der Waals surface area (Å²) in [7, 11) is 0. The van der Waals surface area contributed by atoms with Gasteiger partial charge >= 0.3 is 0 Å². The quantitative estimate of drug-likeness (QED) is 0.536. The fourth-order valence-electron chi connectivity index (χ4n) is 6.18. The van der Waals surface area contributed by atoms with Crippen LogP contribution < -0.4 is 10.6 Å². The van der Waals surface area contributed by atoms with Gasteiger partial charge in [-0.2, -0.15) is 5.26 Å². The lowest BCUT2D eigenvalue weighted by molar-refractivity contribution is -0.0369. The third-order valence-corrected chi connectivity index (χ3v) is 8.45. The van der Waals surface area contributed by atoms with Crippen molar-refractivity contribution in [1.29, 1.82) is 5.26 Å². The predicted octanol–water partition coefficient (Wildman–Crippen LogP) is 5.27. The van der Waals surface area contributed by atoms with E-state index in [1.54, 1.807) is 0 Å². The van der Waals surface area contributed by atoms with E-state index in [9.17, 15) is 5.26 Å². The van der Waals surface area contributed by atoms with Crippen LogP contribution in [0.1, 0.15) is 93.2 Å². The molecule has 3 aliphatic rings. The number of anilines is 2. The van der Waals surface area contributed by atoms with Gasteiger partial charge in [0.25, 0.3) is 0 Å². The first-order chi connectivity index (χ1) is 17.7. The summed E-state index contributed by atoms with van der Waals surface area (Å²) >= 11 is 0. The Morgan fingerprint density at radius 1 is 1.14 bits per heavy atom. The standard InChI is InChI=1S/C28H35N7O/c1-18-11-12-34(24-10-7-20(16-30)14-22(18)24)28-26-27(35(33-28)25-4-2-3-13-36-25)32-23(17-31-26)21-8-5-19(15-29)6-9-21/h7,10,14,17-19,21,25H,2-6,8-9,11-13,15,29H2,1H3/t18-,19?,21?,25?/m0/s1. The largest absolute Gasteiger partial charge is 0.356 e. The van der Waals surface area contributed by atoms with Crippen LogP contribution in [0.5, 0.6) is 0 Å². The van der Waals surface area contributed by atoms with E-state index in [0.29, 0.717) is 23.3 Å². The van der Waals surface area contributed by atoms with E-state index < -0.39 is 0 Å². The zero-order chi connectivity index (χ0) is 24.6. The second-order valence-corrected chi connectivity index (χ2v) is 10.7. The molecular formula is C28H35N7O. The highest BCUT2D eigenvalue weighted by Gasteiger charge is 2.31. The number of nitrogens with two attached hydrogens (primary N) is 1. The highest BCUT2D eigenvalue weighted by Crippen LogP contribution is 2.42. The molecule has 2 atom stereocenters. The highest BCUT2D eigenvalue weighted by atomic mass is 16.5. The normalized spacial score (nSPS) is 26.5. The zero-order valence-electron chi connectivity index (χ0n) is 21.1. The van der Waals surface area contributed by atoms with Gasteiger partial charge in [0, 0.05) is 31.0 Å². The minimum atomic E-state index is -0.114. The van der Waals surface area contributed by atoms with E-state index in [1.807, 2.05) is 23.0 Å². The number of ether oxygens (including phenoxy) is 1. The van der Waals surface area contributed by atoms with Crippen molar-refractivity contribution in [3.05, 3.63) is 41.2 Å². The van der Waals surface area contributed by atoms with E-state index in [-0.39, 0.29) is 6.23 Å². The van der Waals surface area contributed by atoms with E-state index in [4.69, 9.17) is 25.5 Å². The van der Waals surface area contributed by atoms with Crippen LogP contribution in [0.4, 0.5) is 11.5 Å². The number of benzene rings is 1. The number of aromatic nitrogens is 4. The van der Waals surface area contributed by atoms with Crippen LogP contribution in [0.25, 0.3) is 11.2 Å². The molecule has 0 amide bonds. The average molecular weight is 486 g/mol. The topological polar surface area (TPSA) is 106 Å². The Hall–Kier alpha value is -3.02. The Morgan fingerprint density at radius 2 is 2.00 bits per heavy atom. The minimum Gasteiger partial charge on any atom is -0.356 e. The van der Waals surface area contributed by atoms with Gasteiger partial charge in [-0.3, -0.25) is 0 Å². The van der Waals surface area contributed by atoms with Gasteiger partial charge in [-0.05, 0) is 93.5 Å². The molecule has 1 aliphatic carbocycles. The maximum absolute atomic E-state index is 9.44. The molecule has 1 unspecified atom stereocenters. The summed E-state index contributed by atoms with van der Waals surface area (Å²) < 4.78 is 8.16. The Morgan fingerprint density at radius 3 is 2.75 bits per heavy atom. The molecule has 2 aromatic heterocycles. The van der Waals surface area contributed by atoms with Gasteiger partial charge in [0.1, 0.15) is 0 Å². The molecule has 0 spiro atoms. The van der Waals surface area contributed by atoms with E-state index in [0.717, 1.165) is 99.4 Å². The van der Waals surface area contributed by atoms with Crippen molar-refractivity contribution in [2.75, 3.05) is 24.6 Å². The molecule has 2 aliphatic heterocycles. The maximum Gasteiger partial charge on any atom is 0.183 e. The molecule has 0 bridgehead atoms. The van der Waals surface area contributed by atoms with Crippen LogP contribution in [-0.4, -0.2) is 39.4 Å². The van der Waals surface area contributed by atoms with Crippen LogP contribution in [0.2, 0.25) is 0 Å². The number of hydrogen-bond acceptors (Lipinski definition) is 7. The summed E-state index contributed by atoms with van der Waals surface area (Å²) in [5.74, 6) is 2.28. The molecule has 1 saturated carbocycles. The molecule has 0 radical (unpaired) electrons. The number of fused-ring (bicyclic) bond motifs is 2. The van der Waals surface area contributed by atoms with Gasteiger partial charge in [0.05, 0.1) is 17.3 Å². The van der Waals surface area contributed by atoms with Gasteiger partial charge in [-0.15, -0.1) is 5.10 Å². The summed E-state index contributed by atoms with van der Waals surface area (Å²) in [5.41, 5.74) is 11.6. The molecule has 3 aromatic rings. The fraction of sp³-hybridized carbons (Fsp3) is 0.571. The van der Waals surface area contributed by atoms with Gasteiger partial charge in [-0.25, -0.2) is 14.6 Å². The van der Waals surface area contributed by atoms with Gasteiger partial charge in [-0.1, -0.05) is 6.92 Å². The van der Waals surface area contributed by atoms with Crippen LogP contribution in [0, 0.1) is 17.2 Å². The van der Waals surface area contributed by atoms with Gasteiger partial charge in [0.2, 0.25) is 0 Å². The average Bonchev–Trinajstić information content (AvgIpc) is 3.32. The van der Waals surface area contributed by atoms with Crippen LogP contribution in [-0.2, 0) is 4.74 Å². The fourth-order valence-corrected chi connectivity index (χ4v) is 6.18. The minimum absolute atomic E-state index is 0.114. The van der Waals surface area contributed by atoms with Crippen LogP contribution >= 0.6 is 0 Å². The summed E-state index contributed by atoms with van der Waals surface area (Å²) in [4.78, 5) is 12.5. The molecule has 2 N–H and O–H groups in total. The smallest absolute Gasteiger partial charge is 0.183 e. The first-order valence-electron chi connectivity index (χ1n) is 13.5. The maximum atomic E-state index is 9.44. The van der Waals surface area contributed by atoms with Crippen molar-refractivity contribution in [1.82, 2.24) is 19.7 Å². The van der Waals surface area contributed by atoms with E-state index >= 15 is 0 Å². The number of rotatable bonds is 4. The molecule has 1 aromatic carbocycles. The molecule has 4 heterocycles. The van der Waals surface area contributed by atoms with Gasteiger partial charge < -0.3 is 15.4 Å². The van der Waals surface area contributed by atoms with Crippen molar-refractivity contribution in [2.24, 2.45) is 11.7 Å². The predicted molar refractivity (Wildman–Crippen MR) is 139 cm³/mol. The Labute approximate surface area is 212 Å². The molecule has 188 valence electrons.